The Morgan fingerprint density at radius 2 is 2.12 bits per heavy atom. The molecule has 0 aliphatic heterocycles. The van der Waals surface area contributed by atoms with Crippen LogP contribution in [0.1, 0.15) is 35.3 Å². The number of carbonyl (C=O) groups excluding carboxylic acids is 1. The molecule has 0 aliphatic rings. The molecule has 0 spiro atoms. The van der Waals surface area contributed by atoms with Crippen molar-refractivity contribution in [1.82, 2.24) is 9.97 Å². The predicted octanol–water partition coefficient (Wildman–Crippen LogP) is 2.41. The minimum absolute atomic E-state index is 0.0233. The van der Waals surface area contributed by atoms with E-state index in [0.29, 0.717) is 6.42 Å². The number of hydrogen-bond donors (Lipinski definition) is 3. The Labute approximate surface area is 142 Å². The molecule has 4 N–H and O–H groups in total. The zero-order valence-electron chi connectivity index (χ0n) is 13.4. The molecule has 0 aromatic carbocycles. The van der Waals surface area contributed by atoms with Gasteiger partial charge >= 0.3 is 0 Å². The van der Waals surface area contributed by atoms with E-state index in [1.54, 1.807) is 6.92 Å². The van der Waals surface area contributed by atoms with Gasteiger partial charge in [0.05, 0.1) is 24.7 Å². The van der Waals surface area contributed by atoms with Crippen molar-refractivity contribution >= 4 is 17.6 Å². The number of halogens is 2. The molecule has 2 rings (SSSR count). The molecule has 2 aromatic rings. The molecule has 0 bridgehead atoms. The van der Waals surface area contributed by atoms with Crippen LogP contribution >= 0.6 is 0 Å². The van der Waals surface area contributed by atoms with Crippen molar-refractivity contribution in [1.29, 1.82) is 5.41 Å². The first kappa shape index (κ1) is 18.2. The molecule has 0 fully saturated rings. The van der Waals surface area contributed by atoms with Crippen LogP contribution in [0.3, 0.4) is 0 Å². The number of hydrogen-bond acceptors (Lipinski definition) is 5. The fourth-order valence-corrected chi connectivity index (χ4v) is 2.09. The molecular formula is C16H17F2N5O2. The van der Waals surface area contributed by atoms with Crippen LogP contribution in [-0.2, 0) is 4.74 Å². The molecule has 25 heavy (non-hydrogen) atoms. The van der Waals surface area contributed by atoms with E-state index in [-0.39, 0.29) is 29.5 Å². The van der Waals surface area contributed by atoms with Crippen LogP contribution in [-0.4, -0.2) is 28.5 Å². The fourth-order valence-electron chi connectivity index (χ4n) is 2.09. The zero-order chi connectivity index (χ0) is 18.4. The first-order valence-corrected chi connectivity index (χ1v) is 7.42. The van der Waals surface area contributed by atoms with E-state index in [9.17, 15) is 13.6 Å². The Balaban J connectivity index is 2.08. The van der Waals surface area contributed by atoms with E-state index in [0.717, 1.165) is 12.3 Å². The molecular weight excluding hydrogens is 332 g/mol. The van der Waals surface area contributed by atoms with Gasteiger partial charge < -0.3 is 15.8 Å². The van der Waals surface area contributed by atoms with Crippen molar-refractivity contribution < 1.29 is 18.3 Å². The zero-order valence-corrected chi connectivity index (χ0v) is 13.4. The van der Waals surface area contributed by atoms with Crippen molar-refractivity contribution in [3.8, 4) is 0 Å². The van der Waals surface area contributed by atoms with Crippen LogP contribution in [0.5, 0.6) is 0 Å². The molecule has 0 saturated heterocycles. The summed E-state index contributed by atoms with van der Waals surface area (Å²) in [6.45, 7) is 1.92. The van der Waals surface area contributed by atoms with Gasteiger partial charge in [0, 0.05) is 5.56 Å². The van der Waals surface area contributed by atoms with Crippen molar-refractivity contribution in [2.45, 2.75) is 19.3 Å². The van der Waals surface area contributed by atoms with Crippen LogP contribution in [0, 0.1) is 17.2 Å². The Morgan fingerprint density at radius 1 is 1.36 bits per heavy atom. The van der Waals surface area contributed by atoms with E-state index >= 15 is 0 Å². The average Bonchev–Trinajstić information content (AvgIpc) is 2.56. The lowest BCUT2D eigenvalue weighted by molar-refractivity contribution is 0.102. The third kappa shape index (κ3) is 5.20. The lowest BCUT2D eigenvalue weighted by Gasteiger charge is -2.14. The molecule has 0 aliphatic carbocycles. The number of amides is 1. The van der Waals surface area contributed by atoms with Crippen LogP contribution in [0.25, 0.3) is 0 Å². The van der Waals surface area contributed by atoms with Crippen LogP contribution < -0.4 is 11.1 Å². The third-order valence-electron chi connectivity index (χ3n) is 3.42. The topological polar surface area (TPSA) is 114 Å². The quantitative estimate of drug-likeness (QED) is 0.421. The minimum atomic E-state index is -0.659. The Bertz CT molecular complexity index is 768. The van der Waals surface area contributed by atoms with Crippen LogP contribution in [0.4, 0.5) is 14.5 Å². The van der Waals surface area contributed by atoms with E-state index < -0.39 is 23.7 Å². The smallest absolute Gasteiger partial charge is 0.278 e. The number of aromatic nitrogens is 2. The summed E-state index contributed by atoms with van der Waals surface area (Å²) in [7, 11) is 0. The van der Waals surface area contributed by atoms with Gasteiger partial charge in [0.25, 0.3) is 11.9 Å². The van der Waals surface area contributed by atoms with Gasteiger partial charge in [-0.1, -0.05) is 6.92 Å². The number of nitrogens with zero attached hydrogens (tertiary/aromatic N) is 2. The highest BCUT2D eigenvalue weighted by Gasteiger charge is 2.15. The number of nitrogens with two attached hydrogens (primary N) is 1. The van der Waals surface area contributed by atoms with Gasteiger partial charge in [0.1, 0.15) is 11.5 Å². The van der Waals surface area contributed by atoms with Crippen molar-refractivity contribution in [3.05, 3.63) is 53.6 Å². The highest BCUT2D eigenvalue weighted by atomic mass is 19.1. The van der Waals surface area contributed by atoms with Crippen molar-refractivity contribution in [2.75, 3.05) is 11.9 Å². The Morgan fingerprint density at radius 3 is 2.76 bits per heavy atom. The van der Waals surface area contributed by atoms with Gasteiger partial charge in [-0.05, 0) is 30.5 Å². The molecule has 0 unspecified atom stereocenters. The number of rotatable bonds is 6. The molecule has 132 valence electrons. The average molecular weight is 349 g/mol. The van der Waals surface area contributed by atoms with E-state index in [2.05, 4.69) is 15.3 Å². The van der Waals surface area contributed by atoms with Gasteiger partial charge in [-0.3, -0.25) is 10.2 Å². The molecule has 9 heteroatoms. The van der Waals surface area contributed by atoms with E-state index in [1.807, 2.05) is 0 Å². The first-order valence-electron chi connectivity index (χ1n) is 7.42. The second-order valence-electron chi connectivity index (χ2n) is 5.32. The predicted molar refractivity (Wildman–Crippen MR) is 87.2 cm³/mol. The minimum Gasteiger partial charge on any atom is -0.466 e. The van der Waals surface area contributed by atoms with E-state index in [1.165, 1.54) is 18.3 Å². The van der Waals surface area contributed by atoms with Gasteiger partial charge in [-0.15, -0.1) is 0 Å². The maximum Gasteiger partial charge on any atom is 0.278 e. The van der Waals surface area contributed by atoms with Crippen molar-refractivity contribution in [3.63, 3.8) is 0 Å². The number of amidine groups is 1. The van der Waals surface area contributed by atoms with Crippen LogP contribution in [0.15, 0.2) is 30.6 Å². The molecule has 2 aromatic heterocycles. The van der Waals surface area contributed by atoms with Gasteiger partial charge in [0.2, 0.25) is 5.95 Å². The SMILES string of the molecule is C[C@H](CCOC(=N)N)c1cc(NC(=O)c2ccc(F)cn2)cnc1F. The monoisotopic (exact) mass is 349 g/mol. The summed E-state index contributed by atoms with van der Waals surface area (Å²) in [6.07, 6.45) is 2.52. The Hall–Kier alpha value is -3.10. The van der Waals surface area contributed by atoms with Crippen molar-refractivity contribution in [2.24, 2.45) is 5.73 Å². The highest BCUT2D eigenvalue weighted by molar-refractivity contribution is 6.02. The lowest BCUT2D eigenvalue weighted by atomic mass is 9.99. The summed E-state index contributed by atoms with van der Waals surface area (Å²) in [4.78, 5) is 19.4. The second-order valence-corrected chi connectivity index (χ2v) is 5.32. The Kier molecular flexibility index (Phi) is 5.93. The third-order valence-corrected chi connectivity index (χ3v) is 3.42. The van der Waals surface area contributed by atoms with Gasteiger partial charge in [0.15, 0.2) is 0 Å². The molecule has 2 heterocycles. The van der Waals surface area contributed by atoms with Crippen LogP contribution in [0.2, 0.25) is 0 Å². The summed E-state index contributed by atoms with van der Waals surface area (Å²) in [5.41, 5.74) is 5.68. The maximum absolute atomic E-state index is 13.9. The summed E-state index contributed by atoms with van der Waals surface area (Å²) in [6, 6.07) is 3.42. The summed E-state index contributed by atoms with van der Waals surface area (Å²) in [5, 5.41) is 9.52. The van der Waals surface area contributed by atoms with E-state index in [4.69, 9.17) is 15.9 Å². The molecule has 1 atom stereocenters. The maximum atomic E-state index is 13.9. The second kappa shape index (κ2) is 8.13. The largest absolute Gasteiger partial charge is 0.466 e. The standard InChI is InChI=1S/C16H17F2N5O2/c1-9(4-5-25-16(19)20)12-6-11(8-22-14(12)18)23-15(24)13-3-2-10(17)7-21-13/h2-3,6-9H,4-5H2,1H3,(H3,19,20)(H,23,24)/t9-/m1/s1. The fraction of sp³-hybridized carbons (Fsp3) is 0.250. The summed E-state index contributed by atoms with van der Waals surface area (Å²) in [5.74, 6) is -2.04. The highest BCUT2D eigenvalue weighted by Crippen LogP contribution is 2.24. The molecule has 0 saturated carbocycles. The normalized spacial score (nSPS) is 11.6. The number of anilines is 1. The first-order chi connectivity index (χ1) is 11.9. The number of carbonyl (C=O) groups is 1. The number of pyridine rings is 2. The van der Waals surface area contributed by atoms with Gasteiger partial charge in [-0.25, -0.2) is 14.4 Å². The molecule has 0 radical (unpaired) electrons. The number of ether oxygens (including phenoxy) is 1. The summed E-state index contributed by atoms with van der Waals surface area (Å²) < 4.78 is 31.6. The van der Waals surface area contributed by atoms with Gasteiger partial charge in [-0.2, -0.15) is 4.39 Å². The summed E-state index contributed by atoms with van der Waals surface area (Å²) >= 11 is 0. The molecule has 7 nitrogen and oxygen atoms in total. The number of nitrogens with one attached hydrogen (secondary N) is 2. The molecule has 1 amide bonds. The lowest BCUT2D eigenvalue weighted by Crippen LogP contribution is -2.16.